The molecular weight excluding hydrogens is 712 g/mol. The molecule has 0 aromatic heterocycles. The first kappa shape index (κ1) is 45.0. The van der Waals surface area contributed by atoms with Gasteiger partial charge in [-0.05, 0) is 63.9 Å². The molecule has 16 heteroatoms. The second kappa shape index (κ2) is 22.8. The molecule has 1 aromatic carbocycles. The third-order valence-corrected chi connectivity index (χ3v) is 8.64. The van der Waals surface area contributed by atoms with Crippen molar-refractivity contribution in [1.29, 1.82) is 0 Å². The molecule has 0 saturated heterocycles. The fraction of sp³-hybridized carbons (Fsp3) is 0.605. The molecule has 0 amide bonds. The van der Waals surface area contributed by atoms with Crippen LogP contribution in [0.25, 0.3) is 0 Å². The van der Waals surface area contributed by atoms with E-state index in [4.69, 9.17) is 38.3 Å². The van der Waals surface area contributed by atoms with Crippen LogP contribution in [0.15, 0.2) is 11.6 Å². The Balaban J connectivity index is 1.87. The average molecular weight is 765 g/mol. The van der Waals surface area contributed by atoms with Crippen molar-refractivity contribution in [2.45, 2.75) is 105 Å². The van der Waals surface area contributed by atoms with Gasteiger partial charge in [0.1, 0.15) is 31.1 Å². The first-order valence-electron chi connectivity index (χ1n) is 17.7. The van der Waals surface area contributed by atoms with E-state index in [1.165, 1.54) is 14.2 Å². The van der Waals surface area contributed by atoms with Crippen LogP contribution in [0.5, 0.6) is 11.5 Å². The van der Waals surface area contributed by atoms with Crippen LogP contribution in [0, 0.1) is 18.8 Å². The first-order valence-corrected chi connectivity index (χ1v) is 17.7. The Morgan fingerprint density at radius 3 is 2.22 bits per heavy atom. The summed E-state index contributed by atoms with van der Waals surface area (Å²) < 4.78 is 41.3. The molecule has 0 aliphatic carbocycles. The summed E-state index contributed by atoms with van der Waals surface area (Å²) in [5.41, 5.74) is 2.86. The normalized spacial score (nSPS) is 13.8. The number of methoxy groups -OCH3 is 2. The fourth-order valence-electron chi connectivity index (χ4n) is 5.52. The van der Waals surface area contributed by atoms with Crippen LogP contribution in [-0.2, 0) is 65.4 Å². The summed E-state index contributed by atoms with van der Waals surface area (Å²) in [5.74, 6) is -3.32. The number of ether oxygens (including phenoxy) is 8. The van der Waals surface area contributed by atoms with E-state index in [0.29, 0.717) is 54.5 Å². The standard InChI is InChI=1S/C38H52O16/c1-22(13-16-30(40)47-6)12-15-28-34(48-7)25(4)29-21-51-37(44)33(29)35(28)54-31(41)10-8-9-17-49-36(43)24(3)14-11-23(2)18-32(42)53-27(19-50-26(5)39)20-52-38(45)46/h12,23-24,27H,8-11,13-21H2,1-7H3,(H,45,46)/b22-12+. The fourth-order valence-corrected chi connectivity index (χ4v) is 5.52. The highest BCUT2D eigenvalue weighted by Crippen LogP contribution is 2.43. The van der Waals surface area contributed by atoms with Crippen molar-refractivity contribution in [3.63, 3.8) is 0 Å². The zero-order valence-electron chi connectivity index (χ0n) is 32.1. The Morgan fingerprint density at radius 2 is 1.57 bits per heavy atom. The van der Waals surface area contributed by atoms with Gasteiger partial charge in [0.15, 0.2) is 11.9 Å². The SMILES string of the molecule is COC(=O)CC/C(C)=C/Cc1c(OC)c(C)c2c(c1OC(=O)CCCCOC(=O)C(C)CCC(C)CC(=O)OC(COC(C)=O)COC(=O)O)C(=O)OC2. The van der Waals surface area contributed by atoms with Gasteiger partial charge in [-0.2, -0.15) is 0 Å². The molecule has 300 valence electrons. The molecule has 2 rings (SSSR count). The predicted octanol–water partition coefficient (Wildman–Crippen LogP) is 5.35. The summed E-state index contributed by atoms with van der Waals surface area (Å²) in [6, 6.07) is 0. The van der Waals surface area contributed by atoms with Crippen molar-refractivity contribution in [1.82, 2.24) is 0 Å². The summed E-state index contributed by atoms with van der Waals surface area (Å²) in [6.07, 6.45) is 1.75. The van der Waals surface area contributed by atoms with Gasteiger partial charge in [-0.3, -0.25) is 24.0 Å². The maximum absolute atomic E-state index is 13.0. The minimum absolute atomic E-state index is 0.0155. The minimum atomic E-state index is -1.56. The van der Waals surface area contributed by atoms with Gasteiger partial charge in [0.25, 0.3) is 0 Å². The van der Waals surface area contributed by atoms with E-state index in [-0.39, 0.29) is 68.7 Å². The number of carbonyl (C=O) groups excluding carboxylic acids is 6. The molecule has 1 heterocycles. The third kappa shape index (κ3) is 15.1. The van der Waals surface area contributed by atoms with Crippen molar-refractivity contribution >= 4 is 42.0 Å². The van der Waals surface area contributed by atoms with Crippen molar-refractivity contribution < 1.29 is 76.6 Å². The summed E-state index contributed by atoms with van der Waals surface area (Å²) in [5, 5.41) is 8.70. The number of fused-ring (bicyclic) bond motifs is 1. The van der Waals surface area contributed by atoms with Crippen molar-refractivity contribution in [3.8, 4) is 11.5 Å². The Morgan fingerprint density at radius 1 is 0.870 bits per heavy atom. The van der Waals surface area contributed by atoms with Crippen LogP contribution in [0.4, 0.5) is 4.79 Å². The van der Waals surface area contributed by atoms with Crippen LogP contribution in [0.1, 0.15) is 106 Å². The van der Waals surface area contributed by atoms with Crippen LogP contribution < -0.4 is 9.47 Å². The first-order chi connectivity index (χ1) is 25.6. The summed E-state index contributed by atoms with van der Waals surface area (Å²) in [6.45, 7) is 7.58. The van der Waals surface area contributed by atoms with Crippen LogP contribution in [0.2, 0.25) is 0 Å². The van der Waals surface area contributed by atoms with E-state index in [1.807, 2.05) is 13.0 Å². The minimum Gasteiger partial charge on any atom is -0.496 e. The average Bonchev–Trinajstić information content (AvgIpc) is 3.51. The number of esters is 6. The maximum Gasteiger partial charge on any atom is 0.505 e. The highest BCUT2D eigenvalue weighted by Gasteiger charge is 2.34. The highest BCUT2D eigenvalue weighted by atomic mass is 16.7. The molecule has 1 N–H and O–H groups in total. The smallest absolute Gasteiger partial charge is 0.496 e. The molecule has 0 fully saturated rings. The van der Waals surface area contributed by atoms with E-state index in [1.54, 1.807) is 20.8 Å². The molecule has 3 atom stereocenters. The predicted molar refractivity (Wildman–Crippen MR) is 189 cm³/mol. The lowest BCUT2D eigenvalue weighted by molar-refractivity contribution is -0.161. The van der Waals surface area contributed by atoms with Crippen molar-refractivity contribution in [2.75, 3.05) is 34.0 Å². The van der Waals surface area contributed by atoms with Gasteiger partial charge < -0.3 is 43.0 Å². The zero-order valence-corrected chi connectivity index (χ0v) is 32.1. The molecule has 1 aliphatic heterocycles. The van der Waals surface area contributed by atoms with Gasteiger partial charge in [0, 0.05) is 37.3 Å². The number of unbranched alkanes of at least 4 members (excludes halogenated alkanes) is 1. The molecule has 1 aliphatic rings. The van der Waals surface area contributed by atoms with Gasteiger partial charge in [0.2, 0.25) is 0 Å². The summed E-state index contributed by atoms with van der Waals surface area (Å²) in [7, 11) is 2.81. The molecule has 54 heavy (non-hydrogen) atoms. The Hall–Kier alpha value is -5.15. The molecule has 0 saturated carbocycles. The molecular formula is C38H52O16. The van der Waals surface area contributed by atoms with Crippen LogP contribution >= 0.6 is 0 Å². The van der Waals surface area contributed by atoms with E-state index >= 15 is 0 Å². The Labute approximate surface area is 314 Å². The van der Waals surface area contributed by atoms with E-state index in [9.17, 15) is 33.6 Å². The summed E-state index contributed by atoms with van der Waals surface area (Å²) >= 11 is 0. The largest absolute Gasteiger partial charge is 0.505 e. The Bertz CT molecular complexity index is 1530. The third-order valence-electron chi connectivity index (χ3n) is 8.64. The lowest BCUT2D eigenvalue weighted by Crippen LogP contribution is -2.30. The molecule has 0 spiro atoms. The van der Waals surface area contributed by atoms with Gasteiger partial charge >= 0.3 is 42.0 Å². The second-order valence-electron chi connectivity index (χ2n) is 13.1. The van der Waals surface area contributed by atoms with Crippen LogP contribution in [-0.4, -0.2) is 87.2 Å². The lowest BCUT2D eigenvalue weighted by Gasteiger charge is -2.19. The molecule has 16 nitrogen and oxygen atoms in total. The number of hydrogen-bond acceptors (Lipinski definition) is 15. The number of allylic oxidation sites excluding steroid dienone is 2. The molecule has 3 unspecified atom stereocenters. The van der Waals surface area contributed by atoms with Crippen LogP contribution in [0.3, 0.4) is 0 Å². The maximum atomic E-state index is 13.0. The zero-order chi connectivity index (χ0) is 40.4. The van der Waals surface area contributed by atoms with Gasteiger partial charge in [-0.15, -0.1) is 0 Å². The van der Waals surface area contributed by atoms with Crippen molar-refractivity contribution in [3.05, 3.63) is 33.9 Å². The Kier molecular flexibility index (Phi) is 19.0. The number of cyclic esters (lactones) is 1. The van der Waals surface area contributed by atoms with Crippen molar-refractivity contribution in [2.24, 2.45) is 11.8 Å². The number of benzene rings is 1. The van der Waals surface area contributed by atoms with E-state index in [2.05, 4.69) is 4.74 Å². The number of hydrogen-bond donors (Lipinski definition) is 1. The lowest BCUT2D eigenvalue weighted by atomic mass is 9.94. The molecule has 1 aromatic rings. The topological polar surface area (TPSA) is 214 Å². The van der Waals surface area contributed by atoms with Gasteiger partial charge in [-0.25, -0.2) is 9.59 Å². The number of carbonyl (C=O) groups is 7. The molecule has 0 bridgehead atoms. The van der Waals surface area contributed by atoms with E-state index in [0.717, 1.165) is 12.5 Å². The summed E-state index contributed by atoms with van der Waals surface area (Å²) in [4.78, 5) is 84.1. The van der Waals surface area contributed by atoms with Gasteiger partial charge in [-0.1, -0.05) is 25.5 Å². The van der Waals surface area contributed by atoms with Gasteiger partial charge in [0.05, 0.1) is 26.7 Å². The second-order valence-corrected chi connectivity index (χ2v) is 13.1. The van der Waals surface area contributed by atoms with E-state index < -0.39 is 54.6 Å². The number of carboxylic acid groups (broad SMARTS) is 1. The number of rotatable bonds is 23. The quantitative estimate of drug-likeness (QED) is 0.0489. The monoisotopic (exact) mass is 764 g/mol. The molecule has 0 radical (unpaired) electrons. The highest BCUT2D eigenvalue weighted by molar-refractivity contribution is 5.99.